The monoisotopic (exact) mass is 411 g/mol. The van der Waals surface area contributed by atoms with Crippen LogP contribution in [-0.4, -0.2) is 48.5 Å². The average molecular weight is 411 g/mol. The van der Waals surface area contributed by atoms with Crippen molar-refractivity contribution in [1.82, 2.24) is 9.97 Å². The van der Waals surface area contributed by atoms with Crippen molar-refractivity contribution in [2.45, 2.75) is 0 Å². The van der Waals surface area contributed by atoms with E-state index in [1.165, 1.54) is 12.1 Å². The van der Waals surface area contributed by atoms with E-state index >= 15 is 0 Å². The van der Waals surface area contributed by atoms with Crippen LogP contribution in [0.5, 0.6) is 11.5 Å². The van der Waals surface area contributed by atoms with Crippen LogP contribution in [-0.2, 0) is 4.74 Å². The summed E-state index contributed by atoms with van der Waals surface area (Å²) in [5, 5.41) is 12.7. The summed E-state index contributed by atoms with van der Waals surface area (Å²) in [6, 6.07) is 10.1. The third kappa shape index (κ3) is 4.06. The summed E-state index contributed by atoms with van der Waals surface area (Å²) in [5.41, 5.74) is 8.06. The van der Waals surface area contributed by atoms with Gasteiger partial charge in [0, 0.05) is 30.4 Å². The zero-order valence-corrected chi connectivity index (χ0v) is 16.4. The molecule has 1 aliphatic rings. The first-order valence-electron chi connectivity index (χ1n) is 9.44. The number of ether oxygens (including phenoxy) is 2. The van der Waals surface area contributed by atoms with Crippen LogP contribution < -0.4 is 20.7 Å². The Balaban J connectivity index is 1.60. The number of rotatable bonds is 5. The first kappa shape index (κ1) is 19.7. The van der Waals surface area contributed by atoms with Crippen molar-refractivity contribution in [3.05, 3.63) is 48.4 Å². The third-order valence-corrected chi connectivity index (χ3v) is 4.83. The van der Waals surface area contributed by atoms with Crippen LogP contribution in [0.15, 0.2) is 42.6 Å². The van der Waals surface area contributed by atoms with Gasteiger partial charge < -0.3 is 30.5 Å². The Kier molecular flexibility index (Phi) is 5.53. The lowest BCUT2D eigenvalue weighted by molar-refractivity contribution is 0.122. The molecule has 0 radical (unpaired) electrons. The molecule has 0 unspecified atom stereocenters. The quantitative estimate of drug-likeness (QED) is 0.434. The smallest absolute Gasteiger partial charge is 0.227 e. The lowest BCUT2D eigenvalue weighted by Gasteiger charge is -2.30. The van der Waals surface area contributed by atoms with Crippen LogP contribution >= 0.6 is 0 Å². The number of hydrogen-bond acceptors (Lipinski definition) is 8. The van der Waals surface area contributed by atoms with E-state index in [4.69, 9.17) is 15.2 Å². The Bertz CT molecular complexity index is 1060. The van der Waals surface area contributed by atoms with Crippen molar-refractivity contribution in [3.8, 4) is 22.8 Å². The minimum Gasteiger partial charge on any atom is -0.506 e. The van der Waals surface area contributed by atoms with Crippen molar-refractivity contribution in [1.29, 1.82) is 0 Å². The number of methoxy groups -OCH3 is 1. The molecular weight excluding hydrogens is 389 g/mol. The summed E-state index contributed by atoms with van der Waals surface area (Å²) in [5.74, 6) is 0.264. The first-order valence-corrected chi connectivity index (χ1v) is 9.44. The topological polar surface area (TPSA) is 106 Å². The summed E-state index contributed by atoms with van der Waals surface area (Å²) in [7, 11) is 1.62. The fourth-order valence-corrected chi connectivity index (χ4v) is 3.28. The van der Waals surface area contributed by atoms with E-state index in [0.717, 1.165) is 25.0 Å². The molecule has 4 N–H and O–H groups in total. The molecule has 4 rings (SSSR count). The van der Waals surface area contributed by atoms with Gasteiger partial charge in [0.25, 0.3) is 0 Å². The summed E-state index contributed by atoms with van der Waals surface area (Å²) >= 11 is 0. The summed E-state index contributed by atoms with van der Waals surface area (Å²) in [4.78, 5) is 10.5. The Labute approximate surface area is 173 Å². The van der Waals surface area contributed by atoms with Gasteiger partial charge in [-0.3, -0.25) is 0 Å². The van der Waals surface area contributed by atoms with E-state index in [1.807, 2.05) is 18.2 Å². The lowest BCUT2D eigenvalue weighted by Crippen LogP contribution is -2.36. The molecule has 0 spiro atoms. The highest BCUT2D eigenvalue weighted by Crippen LogP contribution is 2.33. The van der Waals surface area contributed by atoms with Crippen LogP contribution in [0.25, 0.3) is 11.3 Å². The molecular formula is C21H22FN5O3. The number of nitrogen functional groups attached to an aromatic ring is 1. The average Bonchev–Trinajstić information content (AvgIpc) is 2.77. The Morgan fingerprint density at radius 1 is 1.20 bits per heavy atom. The predicted octanol–water partition coefficient (Wildman–Crippen LogP) is 3.16. The van der Waals surface area contributed by atoms with Crippen molar-refractivity contribution in [2.24, 2.45) is 0 Å². The second-order valence-corrected chi connectivity index (χ2v) is 6.77. The molecule has 30 heavy (non-hydrogen) atoms. The fraction of sp³-hybridized carbons (Fsp3) is 0.238. The number of nitrogens with two attached hydrogens (primary N) is 1. The van der Waals surface area contributed by atoms with Crippen molar-refractivity contribution in [2.75, 3.05) is 49.4 Å². The van der Waals surface area contributed by atoms with E-state index in [0.29, 0.717) is 30.2 Å². The van der Waals surface area contributed by atoms with Gasteiger partial charge in [-0.05, 0) is 30.3 Å². The van der Waals surface area contributed by atoms with Crippen LogP contribution in [0.1, 0.15) is 0 Å². The maximum absolute atomic E-state index is 14.3. The molecule has 1 aliphatic heterocycles. The maximum atomic E-state index is 14.3. The second-order valence-electron chi connectivity index (χ2n) is 6.77. The van der Waals surface area contributed by atoms with Crippen LogP contribution in [0.2, 0.25) is 0 Å². The second kappa shape index (κ2) is 8.42. The van der Waals surface area contributed by atoms with E-state index < -0.39 is 5.82 Å². The SMILES string of the molecule is COc1cc(Nc2ncc(F)c(-c3ccc(O)c(N)c3)n2)ccc1N1CCOCC1. The van der Waals surface area contributed by atoms with Gasteiger partial charge in [-0.15, -0.1) is 0 Å². The molecule has 156 valence electrons. The highest BCUT2D eigenvalue weighted by molar-refractivity contribution is 5.71. The number of hydrogen-bond donors (Lipinski definition) is 3. The number of nitrogens with one attached hydrogen (secondary N) is 1. The lowest BCUT2D eigenvalue weighted by atomic mass is 10.1. The number of halogens is 1. The molecule has 0 bridgehead atoms. The third-order valence-electron chi connectivity index (χ3n) is 4.83. The molecule has 1 saturated heterocycles. The largest absolute Gasteiger partial charge is 0.506 e. The Morgan fingerprint density at radius 2 is 2.00 bits per heavy atom. The van der Waals surface area contributed by atoms with E-state index in [1.54, 1.807) is 13.2 Å². The van der Waals surface area contributed by atoms with Crippen LogP contribution in [0.4, 0.5) is 27.4 Å². The van der Waals surface area contributed by atoms with Gasteiger partial charge in [-0.1, -0.05) is 0 Å². The van der Waals surface area contributed by atoms with Crippen LogP contribution in [0, 0.1) is 5.82 Å². The van der Waals surface area contributed by atoms with Crippen molar-refractivity contribution >= 4 is 23.0 Å². The van der Waals surface area contributed by atoms with Gasteiger partial charge in [-0.2, -0.15) is 0 Å². The highest BCUT2D eigenvalue weighted by Gasteiger charge is 2.17. The minimum atomic E-state index is -0.592. The van der Waals surface area contributed by atoms with Crippen LogP contribution in [0.3, 0.4) is 0 Å². The van der Waals surface area contributed by atoms with E-state index in [9.17, 15) is 9.50 Å². The molecule has 1 aromatic heterocycles. The molecule has 2 heterocycles. The van der Waals surface area contributed by atoms with Gasteiger partial charge in [0.1, 0.15) is 17.2 Å². The summed E-state index contributed by atoms with van der Waals surface area (Å²) < 4.78 is 25.3. The van der Waals surface area contributed by atoms with Gasteiger partial charge in [0.15, 0.2) is 5.82 Å². The molecule has 2 aromatic carbocycles. The van der Waals surface area contributed by atoms with Crippen molar-refractivity contribution in [3.63, 3.8) is 0 Å². The molecule has 0 amide bonds. The number of benzene rings is 2. The zero-order valence-electron chi connectivity index (χ0n) is 16.4. The van der Waals surface area contributed by atoms with Gasteiger partial charge in [-0.25, -0.2) is 14.4 Å². The summed E-state index contributed by atoms with van der Waals surface area (Å²) in [6.45, 7) is 2.95. The normalized spacial score (nSPS) is 13.9. The maximum Gasteiger partial charge on any atom is 0.227 e. The number of morpholine rings is 1. The van der Waals surface area contributed by atoms with Gasteiger partial charge >= 0.3 is 0 Å². The predicted molar refractivity (Wildman–Crippen MR) is 113 cm³/mol. The van der Waals surface area contributed by atoms with Crippen molar-refractivity contribution < 1.29 is 19.0 Å². The number of aromatic nitrogens is 2. The van der Waals surface area contributed by atoms with Gasteiger partial charge in [0.2, 0.25) is 5.95 Å². The number of aromatic hydroxyl groups is 1. The molecule has 0 saturated carbocycles. The van der Waals surface area contributed by atoms with E-state index in [-0.39, 0.29) is 23.1 Å². The zero-order chi connectivity index (χ0) is 21.1. The molecule has 0 aliphatic carbocycles. The van der Waals surface area contributed by atoms with E-state index in [2.05, 4.69) is 20.2 Å². The number of anilines is 4. The Morgan fingerprint density at radius 3 is 2.73 bits per heavy atom. The minimum absolute atomic E-state index is 0.0704. The molecule has 8 nitrogen and oxygen atoms in total. The number of nitrogens with zero attached hydrogens (tertiary/aromatic N) is 3. The highest BCUT2D eigenvalue weighted by atomic mass is 19.1. The number of phenols is 1. The first-order chi connectivity index (χ1) is 14.5. The standard InChI is InChI=1S/C21H22FN5O3/c1-29-19-11-14(3-4-17(19)27-6-8-30-9-7-27)25-21-24-12-15(22)20(26-21)13-2-5-18(28)16(23)10-13/h2-5,10-12,28H,6-9,23H2,1H3,(H,24,25,26). The summed E-state index contributed by atoms with van der Waals surface area (Å²) in [6.07, 6.45) is 1.09. The fourth-order valence-electron chi connectivity index (χ4n) is 3.28. The molecule has 1 fully saturated rings. The Hall–Kier alpha value is -3.59. The number of phenolic OH excluding ortho intramolecular Hbond substituents is 1. The molecule has 0 atom stereocenters. The molecule has 9 heteroatoms. The molecule has 3 aromatic rings. The van der Waals surface area contributed by atoms with Gasteiger partial charge in [0.05, 0.1) is 37.9 Å².